The predicted molar refractivity (Wildman–Crippen MR) is 243 cm³/mol. The molecule has 2 unspecified atom stereocenters. The van der Waals surface area contributed by atoms with Gasteiger partial charge in [-0.1, -0.05) is 109 Å². The number of thiophene rings is 1. The Morgan fingerprint density at radius 2 is 1.27 bits per heavy atom. The van der Waals surface area contributed by atoms with Crippen LogP contribution in [0.25, 0.3) is 88.2 Å². The highest BCUT2D eigenvalue weighted by Gasteiger charge is 2.45. The molecular weight excluding hydrogens is 757 g/mol. The molecule has 0 amide bonds. The van der Waals surface area contributed by atoms with Gasteiger partial charge < -0.3 is 13.9 Å². The Balaban J connectivity index is 1.02. The maximum absolute atomic E-state index is 6.17. The molecule has 2 atom stereocenters. The van der Waals surface area contributed by atoms with Crippen LogP contribution in [0.1, 0.15) is 28.8 Å². The van der Waals surface area contributed by atoms with Crippen LogP contribution < -0.4 is 4.90 Å². The smallest absolute Gasteiger partial charge is 0.234 e. The first-order valence-corrected chi connectivity index (χ1v) is 20.9. The van der Waals surface area contributed by atoms with Crippen molar-refractivity contribution in [1.29, 1.82) is 0 Å². The first-order chi connectivity index (χ1) is 29.7. The molecule has 60 heavy (non-hydrogen) atoms. The van der Waals surface area contributed by atoms with E-state index in [-0.39, 0.29) is 12.0 Å². The number of rotatable bonds is 5. The second-order valence-corrected chi connectivity index (χ2v) is 16.5. The van der Waals surface area contributed by atoms with Crippen LogP contribution in [0.2, 0.25) is 0 Å². The third-order valence-corrected chi connectivity index (χ3v) is 13.2. The van der Waals surface area contributed by atoms with Crippen molar-refractivity contribution in [2.24, 2.45) is 0 Å². The standard InChI is InChI=1S/C52H32N6OS/c1-2-12-31(13-3-1)49-54-50(33-24-29-46-40(30-33)37-16-6-11-21-45(37)60-46)56-52(55-49)58-43-19-9-5-15-36(43)39-28-27-38-35-14-4-8-18-42(35)57(47(38)48(39)58)34-25-22-32(23-26-34)51-53-41-17-7-10-20-44(41)59-51/h1-30,39,48H. The molecule has 7 nitrogen and oxygen atoms in total. The average molecular weight is 789 g/mol. The Hall–Kier alpha value is -7.68. The van der Waals surface area contributed by atoms with Crippen LogP contribution in [0.15, 0.2) is 180 Å². The number of oxazole rings is 1. The van der Waals surface area contributed by atoms with Gasteiger partial charge in [-0.3, -0.25) is 0 Å². The molecule has 0 bridgehead atoms. The predicted octanol–water partition coefficient (Wildman–Crippen LogP) is 13.3. The number of hydrogen-bond acceptors (Lipinski definition) is 7. The number of nitrogens with zero attached hydrogens (tertiary/aromatic N) is 6. The van der Waals surface area contributed by atoms with Crippen LogP contribution in [0.3, 0.4) is 0 Å². The second kappa shape index (κ2) is 12.9. The number of hydrogen-bond donors (Lipinski definition) is 0. The molecule has 0 radical (unpaired) electrons. The molecule has 11 aromatic rings. The van der Waals surface area contributed by atoms with Gasteiger partial charge in [0, 0.05) is 65.1 Å². The molecule has 13 rings (SSSR count). The molecule has 5 heterocycles. The lowest BCUT2D eigenvalue weighted by atomic mass is 9.86. The molecule has 282 valence electrons. The van der Waals surface area contributed by atoms with E-state index in [0.717, 1.165) is 44.7 Å². The molecule has 7 aromatic carbocycles. The maximum atomic E-state index is 6.17. The first kappa shape index (κ1) is 33.3. The van der Waals surface area contributed by atoms with E-state index in [1.54, 1.807) is 0 Å². The largest absolute Gasteiger partial charge is 0.436 e. The summed E-state index contributed by atoms with van der Waals surface area (Å²) in [4.78, 5) is 23.1. The second-order valence-electron chi connectivity index (χ2n) is 15.4. The van der Waals surface area contributed by atoms with Crippen LogP contribution in [0.5, 0.6) is 0 Å². The Morgan fingerprint density at radius 3 is 2.15 bits per heavy atom. The van der Waals surface area contributed by atoms with Crippen LogP contribution in [-0.2, 0) is 0 Å². The van der Waals surface area contributed by atoms with Crippen molar-refractivity contribution in [2.75, 3.05) is 4.90 Å². The zero-order chi connectivity index (χ0) is 39.3. The van der Waals surface area contributed by atoms with Crippen LogP contribution in [0.4, 0.5) is 11.6 Å². The molecule has 0 saturated heterocycles. The molecule has 4 aromatic heterocycles. The quantitative estimate of drug-likeness (QED) is 0.173. The highest BCUT2D eigenvalue weighted by Crippen LogP contribution is 2.57. The number of fused-ring (bicyclic) bond motifs is 11. The summed E-state index contributed by atoms with van der Waals surface area (Å²) in [6, 6.07) is 59.1. The van der Waals surface area contributed by atoms with E-state index in [1.165, 1.54) is 42.4 Å². The summed E-state index contributed by atoms with van der Waals surface area (Å²) in [7, 11) is 0. The van der Waals surface area contributed by atoms with Gasteiger partial charge in [0.15, 0.2) is 17.2 Å². The highest BCUT2D eigenvalue weighted by atomic mass is 32.1. The summed E-state index contributed by atoms with van der Waals surface area (Å²) in [5.74, 6) is 2.53. The zero-order valence-electron chi connectivity index (χ0n) is 32.0. The molecule has 0 fully saturated rings. The van der Waals surface area contributed by atoms with Crippen molar-refractivity contribution in [3.05, 3.63) is 193 Å². The lowest BCUT2D eigenvalue weighted by molar-refractivity contribution is 0.619. The summed E-state index contributed by atoms with van der Waals surface area (Å²) in [6.07, 6.45) is 4.69. The Kier molecular flexibility index (Phi) is 7.17. The minimum absolute atomic E-state index is 0.0460. The lowest BCUT2D eigenvalue weighted by Gasteiger charge is -2.32. The molecule has 0 spiro atoms. The third kappa shape index (κ3) is 5.01. The summed E-state index contributed by atoms with van der Waals surface area (Å²) in [6.45, 7) is 0. The molecule has 1 aliphatic carbocycles. The van der Waals surface area contributed by atoms with Gasteiger partial charge in [0.2, 0.25) is 11.8 Å². The van der Waals surface area contributed by atoms with Gasteiger partial charge in [0.05, 0.1) is 17.3 Å². The molecular formula is C52H32N6OS. The van der Waals surface area contributed by atoms with Gasteiger partial charge in [0.25, 0.3) is 0 Å². The zero-order valence-corrected chi connectivity index (χ0v) is 32.8. The van der Waals surface area contributed by atoms with Crippen LogP contribution >= 0.6 is 11.3 Å². The summed E-state index contributed by atoms with van der Waals surface area (Å²) >= 11 is 1.81. The van der Waals surface area contributed by atoms with Crippen LogP contribution in [0, 0.1) is 0 Å². The first-order valence-electron chi connectivity index (χ1n) is 20.1. The van der Waals surface area contributed by atoms with E-state index in [2.05, 4.69) is 149 Å². The third-order valence-electron chi connectivity index (χ3n) is 12.0. The van der Waals surface area contributed by atoms with Crippen molar-refractivity contribution in [1.82, 2.24) is 24.5 Å². The summed E-state index contributed by atoms with van der Waals surface area (Å²) in [5.41, 5.74) is 11.3. The van der Waals surface area contributed by atoms with E-state index < -0.39 is 0 Å². The van der Waals surface area contributed by atoms with Crippen molar-refractivity contribution < 1.29 is 4.42 Å². The van der Waals surface area contributed by atoms with Gasteiger partial charge in [-0.2, -0.15) is 9.97 Å². The fourth-order valence-electron chi connectivity index (χ4n) is 9.36. The number of aromatic nitrogens is 5. The molecule has 1 aliphatic heterocycles. The van der Waals surface area contributed by atoms with E-state index >= 15 is 0 Å². The van der Waals surface area contributed by atoms with Gasteiger partial charge in [-0.15, -0.1) is 11.3 Å². The average Bonchev–Trinajstić information content (AvgIpc) is 4.08. The number of benzene rings is 7. The highest BCUT2D eigenvalue weighted by molar-refractivity contribution is 7.25. The fourth-order valence-corrected chi connectivity index (χ4v) is 10.5. The molecule has 2 aliphatic rings. The van der Waals surface area contributed by atoms with Gasteiger partial charge in [0.1, 0.15) is 5.52 Å². The van der Waals surface area contributed by atoms with Gasteiger partial charge in [-0.05, 0) is 78.4 Å². The topological polar surface area (TPSA) is 72.9 Å². The molecule has 0 N–H and O–H groups in total. The molecule has 0 saturated carbocycles. The Labute approximate surface area is 348 Å². The van der Waals surface area contributed by atoms with E-state index in [0.29, 0.717) is 23.5 Å². The van der Waals surface area contributed by atoms with Crippen molar-refractivity contribution in [3.8, 4) is 39.9 Å². The van der Waals surface area contributed by atoms with E-state index in [4.69, 9.17) is 24.4 Å². The number of para-hydroxylation sites is 4. The number of anilines is 2. The lowest BCUT2D eigenvalue weighted by Crippen LogP contribution is -2.28. The summed E-state index contributed by atoms with van der Waals surface area (Å²) in [5, 5.41) is 3.64. The van der Waals surface area contributed by atoms with E-state index in [1.807, 2.05) is 53.8 Å². The minimum atomic E-state index is -0.159. The van der Waals surface area contributed by atoms with Gasteiger partial charge >= 0.3 is 0 Å². The van der Waals surface area contributed by atoms with Crippen LogP contribution in [-0.4, -0.2) is 24.5 Å². The Bertz CT molecular complexity index is 3500. The fraction of sp³-hybridized carbons (Fsp3) is 0.0385. The Morgan fingerprint density at radius 1 is 0.550 bits per heavy atom. The summed E-state index contributed by atoms with van der Waals surface area (Å²) < 4.78 is 11.1. The minimum Gasteiger partial charge on any atom is -0.436 e. The van der Waals surface area contributed by atoms with E-state index in [9.17, 15) is 0 Å². The van der Waals surface area contributed by atoms with Crippen molar-refractivity contribution >= 4 is 71.2 Å². The SMILES string of the molecule is C1=CC2c3ccccc3N(c3nc(-c4ccccc4)nc(-c4ccc5sc6ccccc6c5c4)n3)C2c2c1c1ccccc1n2-c1ccc(-c2nc3ccccc3o2)cc1. The monoisotopic (exact) mass is 788 g/mol. The van der Waals surface area contributed by atoms with Crippen molar-refractivity contribution in [2.45, 2.75) is 12.0 Å². The maximum Gasteiger partial charge on any atom is 0.234 e. The molecule has 8 heteroatoms. The normalized spacial score (nSPS) is 15.6. The van der Waals surface area contributed by atoms with Gasteiger partial charge in [-0.25, -0.2) is 9.97 Å². The van der Waals surface area contributed by atoms with Crippen molar-refractivity contribution in [3.63, 3.8) is 0 Å².